The number of hydrogen-bond donors (Lipinski definition) is 1. The number of thiocarbonyl (C=S) groups is 1. The summed E-state index contributed by atoms with van der Waals surface area (Å²) < 4.78 is 4.89. The number of aryl methyl sites for hydroxylation is 1. The average Bonchev–Trinajstić information content (AvgIpc) is 2.29. The third-order valence-corrected chi connectivity index (χ3v) is 2.82. The van der Waals surface area contributed by atoms with Crippen molar-refractivity contribution in [2.24, 2.45) is 0 Å². The molecule has 0 saturated heterocycles. The van der Waals surface area contributed by atoms with Gasteiger partial charge in [0.15, 0.2) is 0 Å². The number of rotatable bonds is 4. The molecule has 0 bridgehead atoms. The molecule has 1 N–H and O–H groups in total. The summed E-state index contributed by atoms with van der Waals surface area (Å²) in [5.41, 5.74) is 1.87. The number of esters is 1. The molecule has 1 aromatic rings. The lowest BCUT2D eigenvalue weighted by molar-refractivity contribution is -0.138. The van der Waals surface area contributed by atoms with Crippen LogP contribution in [0.1, 0.15) is 25.0 Å². The van der Waals surface area contributed by atoms with E-state index >= 15 is 0 Å². The highest BCUT2D eigenvalue weighted by Gasteiger charge is 2.20. The molecule has 0 amide bonds. The van der Waals surface area contributed by atoms with E-state index in [9.17, 15) is 9.90 Å². The van der Waals surface area contributed by atoms with Gasteiger partial charge in [-0.25, -0.2) is 4.79 Å². The van der Waals surface area contributed by atoms with Gasteiger partial charge in [0.05, 0.1) is 11.5 Å². The summed E-state index contributed by atoms with van der Waals surface area (Å²) in [5.74, 6) is -0.720. The predicted molar refractivity (Wildman–Crippen MR) is 74.8 cm³/mol. The Bertz CT molecular complexity index is 482. The first-order chi connectivity index (χ1) is 8.47. The third-order valence-electron chi connectivity index (χ3n) is 2.38. The van der Waals surface area contributed by atoms with E-state index in [0.29, 0.717) is 10.4 Å². The number of benzene rings is 1. The van der Waals surface area contributed by atoms with Crippen LogP contribution in [-0.4, -0.2) is 22.5 Å². The van der Waals surface area contributed by atoms with Crippen LogP contribution in [0.25, 0.3) is 0 Å². The van der Waals surface area contributed by atoms with E-state index in [1.165, 1.54) is 6.92 Å². The fourth-order valence-electron chi connectivity index (χ4n) is 1.46. The second-order valence-corrected chi connectivity index (χ2v) is 4.28. The van der Waals surface area contributed by atoms with Crippen molar-refractivity contribution in [1.82, 2.24) is 0 Å². The highest BCUT2D eigenvalue weighted by Crippen LogP contribution is 2.15. The fraction of sp³-hybridized carbons (Fsp3) is 0.286. The molecule has 0 atom stereocenters. The molecule has 4 heteroatoms. The minimum Gasteiger partial charge on any atom is -0.512 e. The molecule has 1 aromatic carbocycles. The molecule has 0 aromatic heterocycles. The van der Waals surface area contributed by atoms with Gasteiger partial charge in [0, 0.05) is 0 Å². The van der Waals surface area contributed by atoms with Crippen molar-refractivity contribution >= 4 is 23.1 Å². The summed E-state index contributed by atoms with van der Waals surface area (Å²) >= 11 is 5.23. The molecule has 18 heavy (non-hydrogen) atoms. The van der Waals surface area contributed by atoms with Crippen LogP contribution in [-0.2, 0) is 9.53 Å². The second-order valence-electron chi connectivity index (χ2n) is 3.88. The van der Waals surface area contributed by atoms with Crippen molar-refractivity contribution in [2.45, 2.75) is 20.8 Å². The van der Waals surface area contributed by atoms with Crippen molar-refractivity contribution in [3.63, 3.8) is 0 Å². The quantitative estimate of drug-likeness (QED) is 0.298. The maximum absolute atomic E-state index is 11.7. The normalized spacial score (nSPS) is 11.7. The van der Waals surface area contributed by atoms with Gasteiger partial charge in [-0.3, -0.25) is 0 Å². The molecule has 0 saturated carbocycles. The number of aliphatic hydroxyl groups is 1. The SMILES string of the molecule is CCOC(=O)C(C(=S)c1ccc(C)cc1)=C(C)O. The summed E-state index contributed by atoms with van der Waals surface area (Å²) in [4.78, 5) is 12.0. The van der Waals surface area contributed by atoms with Crippen LogP contribution < -0.4 is 0 Å². The van der Waals surface area contributed by atoms with Gasteiger partial charge in [-0.05, 0) is 26.3 Å². The second kappa shape index (κ2) is 6.31. The van der Waals surface area contributed by atoms with E-state index in [1.54, 1.807) is 6.92 Å². The zero-order valence-corrected chi connectivity index (χ0v) is 11.5. The zero-order chi connectivity index (χ0) is 13.7. The van der Waals surface area contributed by atoms with Crippen LogP contribution in [0.5, 0.6) is 0 Å². The number of allylic oxidation sites excluding steroid dienone is 1. The average molecular weight is 264 g/mol. The van der Waals surface area contributed by atoms with Crippen LogP contribution in [0.2, 0.25) is 0 Å². The Balaban J connectivity index is 3.09. The molecule has 0 aliphatic carbocycles. The molecule has 0 aliphatic rings. The number of carbonyl (C=O) groups excluding carboxylic acids is 1. The first kappa shape index (κ1) is 14.4. The summed E-state index contributed by atoms with van der Waals surface area (Å²) in [6.45, 7) is 5.34. The maximum atomic E-state index is 11.7. The molecular weight excluding hydrogens is 248 g/mol. The van der Waals surface area contributed by atoms with E-state index in [1.807, 2.05) is 31.2 Å². The monoisotopic (exact) mass is 264 g/mol. The molecule has 3 nitrogen and oxygen atoms in total. The van der Waals surface area contributed by atoms with Crippen molar-refractivity contribution in [3.05, 3.63) is 46.7 Å². The highest BCUT2D eigenvalue weighted by molar-refractivity contribution is 7.81. The molecule has 0 fully saturated rings. The lowest BCUT2D eigenvalue weighted by Crippen LogP contribution is -2.17. The van der Waals surface area contributed by atoms with Gasteiger partial charge < -0.3 is 9.84 Å². The first-order valence-electron chi connectivity index (χ1n) is 5.65. The minimum absolute atomic E-state index is 0.0516. The van der Waals surface area contributed by atoms with E-state index in [-0.39, 0.29) is 17.9 Å². The minimum atomic E-state index is -0.594. The van der Waals surface area contributed by atoms with Gasteiger partial charge in [0.25, 0.3) is 0 Å². The topological polar surface area (TPSA) is 46.5 Å². The van der Waals surface area contributed by atoms with E-state index in [2.05, 4.69) is 0 Å². The molecule has 96 valence electrons. The summed E-state index contributed by atoms with van der Waals surface area (Å²) in [6, 6.07) is 7.44. The molecule has 0 radical (unpaired) electrons. The zero-order valence-electron chi connectivity index (χ0n) is 10.7. The van der Waals surface area contributed by atoms with Crippen LogP contribution in [0.15, 0.2) is 35.6 Å². The number of ether oxygens (including phenoxy) is 1. The Hall–Kier alpha value is -1.68. The van der Waals surface area contributed by atoms with Crippen LogP contribution in [0.3, 0.4) is 0 Å². The Morgan fingerprint density at radius 3 is 2.33 bits per heavy atom. The summed E-state index contributed by atoms with van der Waals surface area (Å²) in [7, 11) is 0. The lowest BCUT2D eigenvalue weighted by Gasteiger charge is -2.10. The number of aliphatic hydroxyl groups excluding tert-OH is 1. The van der Waals surface area contributed by atoms with Gasteiger partial charge in [0.1, 0.15) is 11.3 Å². The van der Waals surface area contributed by atoms with Gasteiger partial charge >= 0.3 is 5.97 Å². The summed E-state index contributed by atoms with van der Waals surface area (Å²) in [5, 5.41) is 9.59. The van der Waals surface area contributed by atoms with E-state index in [0.717, 1.165) is 5.56 Å². The Morgan fingerprint density at radius 1 is 1.33 bits per heavy atom. The largest absolute Gasteiger partial charge is 0.512 e. The van der Waals surface area contributed by atoms with Gasteiger partial charge in [0.2, 0.25) is 0 Å². The van der Waals surface area contributed by atoms with Crippen LogP contribution in [0, 0.1) is 6.92 Å². The molecule has 0 spiro atoms. The Labute approximate surface area is 112 Å². The first-order valence-corrected chi connectivity index (χ1v) is 6.06. The summed E-state index contributed by atoms with van der Waals surface area (Å²) in [6.07, 6.45) is 0. The standard InChI is InChI=1S/C14H16O3S/c1-4-17-14(16)12(10(3)15)13(18)11-7-5-9(2)6-8-11/h5-8,15H,4H2,1-3H3. The Kier molecular flexibility index (Phi) is 5.04. The van der Waals surface area contributed by atoms with E-state index < -0.39 is 5.97 Å². The van der Waals surface area contributed by atoms with Crippen LogP contribution >= 0.6 is 12.2 Å². The number of carbonyl (C=O) groups is 1. The molecule has 0 unspecified atom stereocenters. The van der Waals surface area contributed by atoms with Gasteiger partial charge in [-0.1, -0.05) is 42.0 Å². The fourth-order valence-corrected chi connectivity index (χ4v) is 1.82. The van der Waals surface area contributed by atoms with Crippen molar-refractivity contribution in [3.8, 4) is 0 Å². The van der Waals surface area contributed by atoms with Gasteiger partial charge in [-0.15, -0.1) is 0 Å². The molecule has 0 aliphatic heterocycles. The van der Waals surface area contributed by atoms with Crippen molar-refractivity contribution in [1.29, 1.82) is 0 Å². The smallest absolute Gasteiger partial charge is 0.343 e. The van der Waals surface area contributed by atoms with Crippen LogP contribution in [0.4, 0.5) is 0 Å². The Morgan fingerprint density at radius 2 is 1.89 bits per heavy atom. The highest BCUT2D eigenvalue weighted by atomic mass is 32.1. The molecule has 0 heterocycles. The van der Waals surface area contributed by atoms with E-state index in [4.69, 9.17) is 17.0 Å². The predicted octanol–water partition coefficient (Wildman–Crippen LogP) is 3.11. The third kappa shape index (κ3) is 3.40. The number of hydrogen-bond acceptors (Lipinski definition) is 4. The maximum Gasteiger partial charge on any atom is 0.343 e. The van der Waals surface area contributed by atoms with Crippen molar-refractivity contribution < 1.29 is 14.6 Å². The lowest BCUT2D eigenvalue weighted by atomic mass is 10.0. The molecular formula is C14H16O3S. The molecule has 1 rings (SSSR count). The van der Waals surface area contributed by atoms with Crippen molar-refractivity contribution in [2.75, 3.05) is 6.61 Å². The van der Waals surface area contributed by atoms with Gasteiger partial charge in [-0.2, -0.15) is 0 Å².